The molecule has 0 atom stereocenters. The van der Waals surface area contributed by atoms with Crippen LogP contribution in [-0.4, -0.2) is 60.9 Å². The molecule has 5 heteroatoms. The number of aliphatic hydroxyl groups is 1. The average molecular weight is 457 g/mol. The number of likely N-dealkylation sites (N-methyl/N-ethyl adjacent to an activating group) is 1. The molecule has 0 bridgehead atoms. The van der Waals surface area contributed by atoms with E-state index in [1.165, 1.54) is 0 Å². The van der Waals surface area contributed by atoms with Gasteiger partial charge in [-0.3, -0.25) is 0 Å². The lowest BCUT2D eigenvalue weighted by molar-refractivity contribution is 0.343. The van der Waals surface area contributed by atoms with Crippen LogP contribution in [0.5, 0.6) is 0 Å². The maximum Gasteiger partial charge on any atom is 0.140 e. The van der Waals surface area contributed by atoms with Crippen LogP contribution in [0.15, 0.2) is 72.8 Å². The second kappa shape index (κ2) is 11.6. The third kappa shape index (κ3) is 5.93. The normalized spacial score (nSPS) is 12.4. The fourth-order valence-electron chi connectivity index (χ4n) is 3.84. The topological polar surface area (TPSA) is 44.5 Å². The van der Waals surface area contributed by atoms with Crippen LogP contribution in [0.2, 0.25) is 0 Å². The van der Waals surface area contributed by atoms with Crippen LogP contribution in [0.4, 0.5) is 5.69 Å². The van der Waals surface area contributed by atoms with Crippen molar-refractivity contribution in [2.45, 2.75) is 6.92 Å². The number of allylic oxidation sites excluding steroid dienone is 3. The highest BCUT2D eigenvalue weighted by atomic mass is 16.2. The zero-order valence-electron chi connectivity index (χ0n) is 21.2. The van der Waals surface area contributed by atoms with Crippen molar-refractivity contribution in [1.29, 1.82) is 0 Å². The van der Waals surface area contributed by atoms with E-state index in [-0.39, 0.29) is 6.61 Å². The van der Waals surface area contributed by atoms with Gasteiger partial charge in [-0.1, -0.05) is 66.8 Å². The van der Waals surface area contributed by atoms with Crippen molar-refractivity contribution in [3.8, 4) is 22.6 Å². The van der Waals surface area contributed by atoms with Crippen LogP contribution >= 0.6 is 0 Å². The molecule has 34 heavy (non-hydrogen) atoms. The zero-order chi connectivity index (χ0) is 24.7. The van der Waals surface area contributed by atoms with E-state index in [1.807, 2.05) is 6.08 Å². The third-order valence-electron chi connectivity index (χ3n) is 5.69. The second-order valence-corrected chi connectivity index (χ2v) is 8.75. The minimum Gasteiger partial charge on any atom is -0.392 e. The molecule has 0 fully saturated rings. The summed E-state index contributed by atoms with van der Waals surface area (Å²) in [4.78, 5) is 9.38. The summed E-state index contributed by atoms with van der Waals surface area (Å²) in [7, 11) is 10.3. The van der Waals surface area contributed by atoms with Gasteiger partial charge in [0.05, 0.1) is 18.0 Å². The molecule has 5 nitrogen and oxygen atoms in total. The summed E-state index contributed by atoms with van der Waals surface area (Å²) in [6, 6.07) is 16.9. The first-order valence-electron chi connectivity index (χ1n) is 11.6. The second-order valence-electron chi connectivity index (χ2n) is 8.75. The number of aliphatic hydroxyl groups excluding tert-OH is 1. The number of hydrogen-bond acceptors (Lipinski definition) is 4. The number of rotatable bonds is 9. The van der Waals surface area contributed by atoms with Crippen LogP contribution in [-0.2, 0) is 7.05 Å². The highest BCUT2D eigenvalue weighted by Gasteiger charge is 2.19. The smallest absolute Gasteiger partial charge is 0.140 e. The van der Waals surface area contributed by atoms with Gasteiger partial charge in [0, 0.05) is 44.5 Å². The molecule has 0 aliphatic rings. The van der Waals surface area contributed by atoms with Gasteiger partial charge in [-0.25, -0.2) is 4.98 Å². The molecule has 1 aromatic heterocycles. The fraction of sp³-hybridized carbons (Fsp3) is 0.276. The van der Waals surface area contributed by atoms with Gasteiger partial charge in [-0.15, -0.1) is 0 Å². The van der Waals surface area contributed by atoms with Gasteiger partial charge in [0.1, 0.15) is 5.82 Å². The summed E-state index contributed by atoms with van der Waals surface area (Å²) in [6.07, 6.45) is 10.1. The Labute approximate surface area is 204 Å². The molecular weight excluding hydrogens is 420 g/mol. The molecule has 3 rings (SSSR count). The van der Waals surface area contributed by atoms with Gasteiger partial charge in [0.15, 0.2) is 0 Å². The van der Waals surface area contributed by atoms with E-state index >= 15 is 0 Å². The molecule has 0 aliphatic heterocycles. The highest BCUT2D eigenvalue weighted by molar-refractivity contribution is 5.84. The van der Waals surface area contributed by atoms with Crippen LogP contribution in [0, 0.1) is 0 Å². The number of aromatic nitrogens is 2. The standard InChI is InChI=1S/C29H36N4O/c1-7-23(11-8-20-31(2)3)27-28(24-16-18-26(19-17-24)32(4)5)33(6)29(30-27)25-14-12-22(13-15-25)10-9-21-34/h7-19,34H,20-21H2,1-6H3/b10-9+,11-8-,23-7+. The van der Waals surface area contributed by atoms with Gasteiger partial charge < -0.3 is 19.5 Å². The molecule has 0 spiro atoms. The molecule has 0 radical (unpaired) electrons. The van der Waals surface area contributed by atoms with Crippen molar-refractivity contribution in [3.63, 3.8) is 0 Å². The maximum absolute atomic E-state index is 9.04. The Morgan fingerprint density at radius 1 is 0.941 bits per heavy atom. The van der Waals surface area contributed by atoms with Crippen LogP contribution in [0.25, 0.3) is 34.3 Å². The van der Waals surface area contributed by atoms with Crippen LogP contribution in [0.3, 0.4) is 0 Å². The van der Waals surface area contributed by atoms with Gasteiger partial charge in [0.2, 0.25) is 0 Å². The molecule has 3 aromatic rings. The lowest BCUT2D eigenvalue weighted by atomic mass is 10.0. The summed E-state index contributed by atoms with van der Waals surface area (Å²) in [5.41, 5.74) is 7.55. The van der Waals surface area contributed by atoms with Crippen LogP contribution < -0.4 is 4.90 Å². The van der Waals surface area contributed by atoms with Gasteiger partial charge in [-0.05, 0) is 44.3 Å². The Hall–Kier alpha value is -3.41. The van der Waals surface area contributed by atoms with Crippen molar-refractivity contribution >= 4 is 17.3 Å². The molecule has 0 saturated heterocycles. The molecule has 178 valence electrons. The van der Waals surface area contributed by atoms with E-state index in [2.05, 4.69) is 123 Å². The molecule has 0 aliphatic carbocycles. The van der Waals surface area contributed by atoms with Crippen LogP contribution in [0.1, 0.15) is 18.2 Å². The van der Waals surface area contributed by atoms with Gasteiger partial charge in [0.25, 0.3) is 0 Å². The fourth-order valence-corrected chi connectivity index (χ4v) is 3.84. The lowest BCUT2D eigenvalue weighted by Gasteiger charge is -2.14. The Balaban J connectivity index is 2.12. The van der Waals surface area contributed by atoms with E-state index in [9.17, 15) is 0 Å². The summed E-state index contributed by atoms with van der Waals surface area (Å²) >= 11 is 0. The van der Waals surface area contributed by atoms with Gasteiger partial charge >= 0.3 is 0 Å². The number of nitrogens with zero attached hydrogens (tertiary/aromatic N) is 4. The summed E-state index contributed by atoms with van der Waals surface area (Å²) < 4.78 is 2.18. The first-order chi connectivity index (χ1) is 16.3. The van der Waals surface area contributed by atoms with E-state index < -0.39 is 0 Å². The third-order valence-corrected chi connectivity index (χ3v) is 5.69. The molecule has 0 unspecified atom stereocenters. The Morgan fingerprint density at radius 2 is 1.59 bits per heavy atom. The molecule has 1 heterocycles. The molecule has 2 aromatic carbocycles. The predicted molar refractivity (Wildman–Crippen MR) is 146 cm³/mol. The minimum absolute atomic E-state index is 0.0356. The monoisotopic (exact) mass is 456 g/mol. The van der Waals surface area contributed by atoms with Crippen molar-refractivity contribution in [2.75, 3.05) is 46.2 Å². The molecule has 0 saturated carbocycles. The number of benzene rings is 2. The number of anilines is 1. The highest BCUT2D eigenvalue weighted by Crippen LogP contribution is 2.34. The maximum atomic E-state index is 9.04. The summed E-state index contributed by atoms with van der Waals surface area (Å²) in [5.74, 6) is 0.916. The van der Waals surface area contributed by atoms with Crippen molar-refractivity contribution in [1.82, 2.24) is 14.5 Å². The summed E-state index contributed by atoms with van der Waals surface area (Å²) in [5, 5.41) is 9.04. The molecule has 1 N–H and O–H groups in total. The van der Waals surface area contributed by atoms with E-state index in [4.69, 9.17) is 10.1 Å². The Bertz CT molecular complexity index is 1160. The SMILES string of the molecule is C/C=C(\C=C/CN(C)C)c1nc(-c2ccc(/C=C/CO)cc2)n(C)c1-c1ccc(N(C)C)cc1. The zero-order valence-corrected chi connectivity index (χ0v) is 21.2. The van der Waals surface area contributed by atoms with E-state index in [1.54, 1.807) is 6.08 Å². The predicted octanol–water partition coefficient (Wildman–Crippen LogP) is 5.35. The van der Waals surface area contributed by atoms with Gasteiger partial charge in [-0.2, -0.15) is 0 Å². The quantitative estimate of drug-likeness (QED) is 0.441. The Morgan fingerprint density at radius 3 is 2.15 bits per heavy atom. The largest absolute Gasteiger partial charge is 0.392 e. The summed E-state index contributed by atoms with van der Waals surface area (Å²) in [6.45, 7) is 2.96. The van der Waals surface area contributed by atoms with Crippen molar-refractivity contribution in [2.24, 2.45) is 7.05 Å². The number of hydrogen-bond donors (Lipinski definition) is 1. The molecule has 0 amide bonds. The Kier molecular flexibility index (Phi) is 8.63. The first kappa shape index (κ1) is 25.2. The van der Waals surface area contributed by atoms with Crippen molar-refractivity contribution < 1.29 is 5.11 Å². The van der Waals surface area contributed by atoms with E-state index in [0.29, 0.717) is 0 Å². The first-order valence-corrected chi connectivity index (χ1v) is 11.6. The average Bonchev–Trinajstić information content (AvgIpc) is 3.17. The minimum atomic E-state index is 0.0356. The lowest BCUT2D eigenvalue weighted by Crippen LogP contribution is -2.10. The number of imidazole rings is 1. The molecular formula is C29H36N4O. The van der Waals surface area contributed by atoms with E-state index in [0.717, 1.165) is 51.7 Å². The van der Waals surface area contributed by atoms with Crippen molar-refractivity contribution in [3.05, 3.63) is 84.1 Å².